The molecule has 0 fully saturated rings. The van der Waals surface area contributed by atoms with E-state index in [1.54, 1.807) is 39.0 Å². The molecular weight excluding hydrogens is 311 g/mol. The molecule has 0 spiro atoms. The van der Waals surface area contributed by atoms with Crippen LogP contribution in [0.4, 0.5) is 0 Å². The van der Waals surface area contributed by atoms with Gasteiger partial charge in [-0.05, 0) is 39.0 Å². The highest BCUT2D eigenvalue weighted by atomic mass is 35.5. The predicted octanol–water partition coefficient (Wildman–Crippen LogP) is 3.33. The van der Waals surface area contributed by atoms with E-state index >= 15 is 0 Å². The number of aromatic hydroxyl groups is 1. The molecule has 0 bridgehead atoms. The lowest BCUT2D eigenvalue weighted by Gasteiger charge is -2.19. The summed E-state index contributed by atoms with van der Waals surface area (Å²) in [7, 11) is 0. The SMILES string of the molecule is C#CC(C)(C)n1c(C)c(O)n(-c2cc(Cl)cc(Cl)c2)c1=O. The van der Waals surface area contributed by atoms with Gasteiger partial charge in [0.15, 0.2) is 0 Å². The summed E-state index contributed by atoms with van der Waals surface area (Å²) < 4.78 is 2.49. The molecule has 2 rings (SSSR count). The maximum atomic E-state index is 12.6. The lowest BCUT2D eigenvalue weighted by molar-refractivity contribution is 0.428. The van der Waals surface area contributed by atoms with Gasteiger partial charge < -0.3 is 5.11 Å². The Balaban J connectivity index is 2.82. The number of hydrogen-bond donors (Lipinski definition) is 1. The van der Waals surface area contributed by atoms with Gasteiger partial charge in [0.25, 0.3) is 0 Å². The lowest BCUT2D eigenvalue weighted by atomic mass is 10.1. The number of halogens is 2. The molecule has 0 amide bonds. The van der Waals surface area contributed by atoms with E-state index in [9.17, 15) is 9.90 Å². The summed E-state index contributed by atoms with van der Waals surface area (Å²) in [5.41, 5.74) is -0.568. The minimum atomic E-state index is -0.869. The minimum Gasteiger partial charge on any atom is -0.493 e. The van der Waals surface area contributed by atoms with E-state index in [-0.39, 0.29) is 5.88 Å². The molecule has 0 aliphatic rings. The van der Waals surface area contributed by atoms with Crippen molar-refractivity contribution in [2.45, 2.75) is 26.3 Å². The molecule has 110 valence electrons. The number of nitrogens with zero attached hydrogens (tertiary/aromatic N) is 2. The van der Waals surface area contributed by atoms with Gasteiger partial charge in [-0.25, -0.2) is 9.36 Å². The molecule has 6 heteroatoms. The van der Waals surface area contributed by atoms with Crippen LogP contribution in [0.2, 0.25) is 10.0 Å². The van der Waals surface area contributed by atoms with Crippen molar-refractivity contribution < 1.29 is 5.11 Å². The third kappa shape index (κ3) is 2.55. The van der Waals surface area contributed by atoms with Crippen molar-refractivity contribution in [1.82, 2.24) is 9.13 Å². The molecule has 0 radical (unpaired) electrons. The highest BCUT2D eigenvalue weighted by Gasteiger charge is 2.27. The Morgan fingerprint density at radius 2 is 1.76 bits per heavy atom. The van der Waals surface area contributed by atoms with Crippen molar-refractivity contribution in [3.63, 3.8) is 0 Å². The first-order chi connectivity index (χ1) is 9.69. The van der Waals surface area contributed by atoms with E-state index in [1.807, 2.05) is 0 Å². The van der Waals surface area contributed by atoms with E-state index in [0.29, 0.717) is 21.4 Å². The first-order valence-corrected chi connectivity index (χ1v) is 6.92. The van der Waals surface area contributed by atoms with E-state index in [0.717, 1.165) is 4.57 Å². The maximum Gasteiger partial charge on any atom is 0.337 e. The molecule has 0 saturated heterocycles. The number of benzene rings is 1. The van der Waals surface area contributed by atoms with Crippen molar-refractivity contribution in [2.75, 3.05) is 0 Å². The van der Waals surface area contributed by atoms with E-state index in [2.05, 4.69) is 5.92 Å². The molecule has 0 aliphatic carbocycles. The fourth-order valence-electron chi connectivity index (χ4n) is 2.22. The summed E-state index contributed by atoms with van der Waals surface area (Å²) in [6.45, 7) is 5.06. The quantitative estimate of drug-likeness (QED) is 0.861. The first kappa shape index (κ1) is 15.6. The Kier molecular flexibility index (Phi) is 3.83. The summed E-state index contributed by atoms with van der Waals surface area (Å²) in [6.07, 6.45) is 5.48. The Bertz CT molecular complexity index is 790. The molecule has 0 saturated carbocycles. The fourth-order valence-corrected chi connectivity index (χ4v) is 2.73. The topological polar surface area (TPSA) is 47.2 Å². The van der Waals surface area contributed by atoms with Crippen LogP contribution in [0.5, 0.6) is 5.88 Å². The van der Waals surface area contributed by atoms with Crippen LogP contribution in [-0.2, 0) is 5.54 Å². The average Bonchev–Trinajstić information content (AvgIpc) is 2.59. The van der Waals surface area contributed by atoms with Crippen LogP contribution in [0.15, 0.2) is 23.0 Å². The van der Waals surface area contributed by atoms with Crippen LogP contribution in [-0.4, -0.2) is 14.2 Å². The Labute approximate surface area is 132 Å². The van der Waals surface area contributed by atoms with Crippen LogP contribution in [0.3, 0.4) is 0 Å². The van der Waals surface area contributed by atoms with Crippen LogP contribution < -0.4 is 5.69 Å². The molecule has 0 aliphatic heterocycles. The molecule has 21 heavy (non-hydrogen) atoms. The maximum absolute atomic E-state index is 12.6. The van der Waals surface area contributed by atoms with Gasteiger partial charge in [-0.3, -0.25) is 4.57 Å². The average molecular weight is 325 g/mol. The van der Waals surface area contributed by atoms with Crippen LogP contribution in [0.25, 0.3) is 5.69 Å². The smallest absolute Gasteiger partial charge is 0.337 e. The van der Waals surface area contributed by atoms with E-state index < -0.39 is 11.2 Å². The van der Waals surface area contributed by atoms with Gasteiger partial charge in [-0.1, -0.05) is 29.1 Å². The molecule has 0 atom stereocenters. The summed E-state index contributed by atoms with van der Waals surface area (Å²) in [6, 6.07) is 4.63. The van der Waals surface area contributed by atoms with Crippen molar-refractivity contribution in [1.29, 1.82) is 0 Å². The van der Waals surface area contributed by atoms with Gasteiger partial charge in [0.2, 0.25) is 5.88 Å². The zero-order chi connectivity index (χ0) is 15.9. The van der Waals surface area contributed by atoms with Gasteiger partial charge in [0.1, 0.15) is 5.54 Å². The Morgan fingerprint density at radius 3 is 2.24 bits per heavy atom. The van der Waals surface area contributed by atoms with Gasteiger partial charge >= 0.3 is 5.69 Å². The second-order valence-electron chi connectivity index (χ2n) is 5.19. The summed E-state index contributed by atoms with van der Waals surface area (Å²) in [4.78, 5) is 12.6. The number of aromatic nitrogens is 2. The summed E-state index contributed by atoms with van der Waals surface area (Å²) >= 11 is 11.9. The van der Waals surface area contributed by atoms with Gasteiger partial charge in [0.05, 0.1) is 11.4 Å². The summed E-state index contributed by atoms with van der Waals surface area (Å²) in [5, 5.41) is 11.0. The largest absolute Gasteiger partial charge is 0.493 e. The number of imidazole rings is 1. The van der Waals surface area contributed by atoms with Gasteiger partial charge in [-0.2, -0.15) is 0 Å². The second kappa shape index (κ2) is 5.18. The second-order valence-corrected chi connectivity index (χ2v) is 6.07. The molecule has 2 aromatic rings. The van der Waals surface area contributed by atoms with Crippen LogP contribution >= 0.6 is 23.2 Å². The standard InChI is InChI=1S/C15H14Cl2N2O2/c1-5-15(3,4)19-9(2)13(20)18(14(19)21)12-7-10(16)6-11(17)8-12/h1,6-8,20H,2-4H3. The Hall–Kier alpha value is -1.83. The van der Waals surface area contributed by atoms with Crippen molar-refractivity contribution >= 4 is 23.2 Å². The number of hydrogen-bond acceptors (Lipinski definition) is 2. The van der Waals surface area contributed by atoms with Gasteiger partial charge in [-0.15, -0.1) is 6.42 Å². The zero-order valence-corrected chi connectivity index (χ0v) is 13.3. The molecular formula is C15H14Cl2N2O2. The third-order valence-corrected chi connectivity index (χ3v) is 3.71. The molecule has 1 aromatic heterocycles. The Morgan fingerprint density at radius 1 is 1.24 bits per heavy atom. The minimum absolute atomic E-state index is 0.193. The third-order valence-electron chi connectivity index (χ3n) is 3.27. The fraction of sp³-hybridized carbons (Fsp3) is 0.267. The van der Waals surface area contributed by atoms with Gasteiger partial charge in [0, 0.05) is 10.0 Å². The van der Waals surface area contributed by atoms with E-state index in [1.165, 1.54) is 4.57 Å². The van der Waals surface area contributed by atoms with Crippen LogP contribution in [0.1, 0.15) is 19.5 Å². The summed E-state index contributed by atoms with van der Waals surface area (Å²) in [5.74, 6) is 2.35. The normalized spacial score (nSPS) is 11.4. The molecule has 1 heterocycles. The van der Waals surface area contributed by atoms with Crippen LogP contribution in [0, 0.1) is 19.3 Å². The van der Waals surface area contributed by atoms with E-state index in [4.69, 9.17) is 29.6 Å². The zero-order valence-electron chi connectivity index (χ0n) is 11.8. The highest BCUT2D eigenvalue weighted by Crippen LogP contribution is 2.27. The molecule has 1 N–H and O–H groups in total. The lowest BCUT2D eigenvalue weighted by Crippen LogP contribution is -2.36. The monoisotopic (exact) mass is 324 g/mol. The highest BCUT2D eigenvalue weighted by molar-refractivity contribution is 6.34. The number of terminal acetylenes is 1. The number of rotatable bonds is 2. The molecule has 0 unspecified atom stereocenters. The molecule has 1 aromatic carbocycles. The van der Waals surface area contributed by atoms with Crippen molar-refractivity contribution in [3.05, 3.63) is 44.4 Å². The molecule has 4 nitrogen and oxygen atoms in total. The first-order valence-electron chi connectivity index (χ1n) is 6.17. The van der Waals surface area contributed by atoms with Crippen molar-refractivity contribution in [3.8, 4) is 23.9 Å². The predicted molar refractivity (Wildman–Crippen MR) is 84.6 cm³/mol. The van der Waals surface area contributed by atoms with Crippen molar-refractivity contribution in [2.24, 2.45) is 0 Å².